The fourth-order valence-electron chi connectivity index (χ4n) is 1.45. The van der Waals surface area contributed by atoms with Crippen LogP contribution in [0.15, 0.2) is 22.8 Å². The van der Waals surface area contributed by atoms with Crippen LogP contribution in [0.3, 0.4) is 0 Å². The van der Waals surface area contributed by atoms with Crippen LogP contribution in [0.2, 0.25) is 4.34 Å². The smallest absolute Gasteiger partial charge is 0.358 e. The van der Waals surface area contributed by atoms with Gasteiger partial charge >= 0.3 is 5.82 Å². The van der Waals surface area contributed by atoms with Gasteiger partial charge in [-0.25, -0.2) is 0 Å². The van der Waals surface area contributed by atoms with E-state index in [1.165, 1.54) is 22.2 Å². The molecule has 0 N–H and O–H groups in total. The number of carbonyl (C=O) groups excluding carboxylic acids is 1. The van der Waals surface area contributed by atoms with Crippen LogP contribution < -0.4 is 0 Å². The van der Waals surface area contributed by atoms with E-state index >= 15 is 0 Å². The van der Waals surface area contributed by atoms with Crippen LogP contribution in [0.5, 0.6) is 0 Å². The summed E-state index contributed by atoms with van der Waals surface area (Å²) in [6, 6.07) is 2.62. The lowest BCUT2D eigenvalue weighted by molar-refractivity contribution is -0.390. The minimum Gasteiger partial charge on any atom is -0.358 e. The summed E-state index contributed by atoms with van der Waals surface area (Å²) in [6.45, 7) is 1.62. The second kappa shape index (κ2) is 5.40. The molecule has 0 amide bonds. The molecule has 1 atom stereocenters. The Bertz CT molecular complexity index is 654. The van der Waals surface area contributed by atoms with Crippen molar-refractivity contribution in [2.45, 2.75) is 13.0 Å². The lowest BCUT2D eigenvalue weighted by Crippen LogP contribution is -2.16. The maximum absolute atomic E-state index is 12.2. The van der Waals surface area contributed by atoms with E-state index in [1.54, 1.807) is 19.1 Å². The van der Waals surface area contributed by atoms with E-state index in [9.17, 15) is 14.9 Å². The van der Waals surface area contributed by atoms with E-state index < -0.39 is 11.0 Å². The van der Waals surface area contributed by atoms with Crippen molar-refractivity contribution in [1.82, 2.24) is 9.78 Å². The number of nitro groups is 1. The van der Waals surface area contributed by atoms with Gasteiger partial charge in [0.1, 0.15) is 10.5 Å². The van der Waals surface area contributed by atoms with Gasteiger partial charge in [-0.2, -0.15) is 4.68 Å². The van der Waals surface area contributed by atoms with Crippen molar-refractivity contribution in [2.24, 2.45) is 0 Å². The summed E-state index contributed by atoms with van der Waals surface area (Å²) in [5, 5.41) is 14.5. The van der Waals surface area contributed by atoms with Crippen molar-refractivity contribution in [3.63, 3.8) is 0 Å². The molecule has 0 saturated carbocycles. The highest BCUT2D eigenvalue weighted by Gasteiger charge is 2.26. The molecule has 1 unspecified atom stereocenters. The van der Waals surface area contributed by atoms with Gasteiger partial charge < -0.3 is 10.1 Å². The summed E-state index contributed by atoms with van der Waals surface area (Å²) < 4.78 is 2.02. The summed E-state index contributed by atoms with van der Waals surface area (Å²) in [6.07, 6.45) is 1.41. The summed E-state index contributed by atoms with van der Waals surface area (Å²) in [4.78, 5) is 22.7. The van der Waals surface area contributed by atoms with E-state index in [-0.39, 0.29) is 16.1 Å². The predicted molar refractivity (Wildman–Crippen MR) is 75.0 cm³/mol. The zero-order valence-corrected chi connectivity index (χ0v) is 12.7. The molecular formula is C10H7BrClN3O3S. The number of hydrogen-bond donors (Lipinski definition) is 0. The summed E-state index contributed by atoms with van der Waals surface area (Å²) in [5.41, 5.74) is 0. The Balaban J connectivity index is 2.29. The van der Waals surface area contributed by atoms with Crippen molar-refractivity contribution in [3.05, 3.63) is 42.1 Å². The van der Waals surface area contributed by atoms with E-state index in [4.69, 9.17) is 11.6 Å². The molecule has 9 heteroatoms. The molecule has 2 aromatic rings. The normalized spacial score (nSPS) is 12.4. The molecule has 6 nitrogen and oxygen atoms in total. The maximum Gasteiger partial charge on any atom is 0.404 e. The molecule has 0 spiro atoms. The van der Waals surface area contributed by atoms with Crippen molar-refractivity contribution in [2.75, 3.05) is 0 Å². The van der Waals surface area contributed by atoms with E-state index in [2.05, 4.69) is 21.0 Å². The van der Waals surface area contributed by atoms with Crippen LogP contribution in [0.4, 0.5) is 5.82 Å². The van der Waals surface area contributed by atoms with Crippen LogP contribution in [0, 0.1) is 10.1 Å². The molecule has 2 heterocycles. The minimum absolute atomic E-state index is 0.193. The van der Waals surface area contributed by atoms with Crippen LogP contribution >= 0.6 is 38.9 Å². The van der Waals surface area contributed by atoms with Crippen molar-refractivity contribution >= 4 is 50.5 Å². The Morgan fingerprint density at radius 3 is 2.79 bits per heavy atom. The van der Waals surface area contributed by atoms with Crippen molar-refractivity contribution in [3.8, 4) is 0 Å². The highest BCUT2D eigenvalue weighted by Crippen LogP contribution is 2.28. The van der Waals surface area contributed by atoms with Gasteiger partial charge in [-0.1, -0.05) is 11.6 Å². The number of aromatic nitrogens is 2. The number of carbonyl (C=O) groups is 1. The zero-order chi connectivity index (χ0) is 14.2. The third-order valence-electron chi connectivity index (χ3n) is 2.43. The first-order valence-corrected chi connectivity index (χ1v) is 7.07. The standard InChI is InChI=1S/C10H7BrClN3O3S/c1-5(9(16)7-2-3-8(12)19-7)14-4-6(11)10(13-14)15(17)18/h2-5H,1H3. The molecule has 0 aliphatic carbocycles. The Hall–Kier alpha value is -1.25. The van der Waals surface area contributed by atoms with Gasteiger partial charge in [0.15, 0.2) is 5.78 Å². The molecule has 19 heavy (non-hydrogen) atoms. The molecule has 0 aromatic carbocycles. The van der Waals surface area contributed by atoms with Gasteiger partial charge in [0.25, 0.3) is 0 Å². The Morgan fingerprint density at radius 1 is 1.63 bits per heavy atom. The molecule has 0 aliphatic heterocycles. The van der Waals surface area contributed by atoms with Gasteiger partial charge in [0.2, 0.25) is 0 Å². The average molecular weight is 365 g/mol. The first-order chi connectivity index (χ1) is 8.90. The molecule has 0 saturated heterocycles. The molecule has 0 aliphatic rings. The lowest BCUT2D eigenvalue weighted by atomic mass is 10.2. The topological polar surface area (TPSA) is 78.0 Å². The Morgan fingerprint density at radius 2 is 2.32 bits per heavy atom. The van der Waals surface area contributed by atoms with Crippen molar-refractivity contribution < 1.29 is 9.72 Å². The molecular weight excluding hydrogens is 358 g/mol. The highest BCUT2D eigenvalue weighted by atomic mass is 79.9. The number of ketones is 1. The van der Waals surface area contributed by atoms with Crippen LogP contribution in [-0.4, -0.2) is 20.5 Å². The van der Waals surface area contributed by atoms with E-state index in [1.807, 2.05) is 0 Å². The predicted octanol–water partition coefficient (Wildman–Crippen LogP) is 3.71. The van der Waals surface area contributed by atoms with Crippen LogP contribution in [0.1, 0.15) is 22.6 Å². The van der Waals surface area contributed by atoms with E-state index in [0.717, 1.165) is 0 Å². The Kier molecular flexibility index (Phi) is 4.02. The quantitative estimate of drug-likeness (QED) is 0.470. The first kappa shape index (κ1) is 14.2. The second-order valence-corrected chi connectivity index (χ2v) is 6.25. The number of hydrogen-bond acceptors (Lipinski definition) is 5. The monoisotopic (exact) mass is 363 g/mol. The largest absolute Gasteiger partial charge is 0.404 e. The third kappa shape index (κ3) is 2.85. The van der Waals surface area contributed by atoms with Crippen molar-refractivity contribution in [1.29, 1.82) is 0 Å². The number of rotatable bonds is 4. The van der Waals surface area contributed by atoms with E-state index in [0.29, 0.717) is 9.21 Å². The SMILES string of the molecule is CC(C(=O)c1ccc(Cl)s1)n1cc(Br)c([N+](=O)[O-])n1. The lowest BCUT2D eigenvalue weighted by Gasteiger charge is -2.05. The molecule has 0 bridgehead atoms. The van der Waals surface area contributed by atoms with Gasteiger partial charge in [-0.15, -0.1) is 11.3 Å². The number of thiophene rings is 1. The highest BCUT2D eigenvalue weighted by molar-refractivity contribution is 9.10. The summed E-state index contributed by atoms with van der Waals surface area (Å²) >= 11 is 9.98. The Labute approximate surface area is 125 Å². The molecule has 0 radical (unpaired) electrons. The fraction of sp³-hybridized carbons (Fsp3) is 0.200. The summed E-state index contributed by atoms with van der Waals surface area (Å²) in [5.74, 6) is -0.509. The fourth-order valence-corrected chi connectivity index (χ4v) is 2.95. The molecule has 100 valence electrons. The number of Topliss-reactive ketones (excluding diaryl/α,β-unsaturated/α-hetero) is 1. The number of halogens is 2. The van der Waals surface area contributed by atoms with Gasteiger partial charge in [-0.05, 0) is 39.9 Å². The van der Waals surface area contributed by atoms with Gasteiger partial charge in [0, 0.05) is 0 Å². The summed E-state index contributed by atoms with van der Waals surface area (Å²) in [7, 11) is 0. The van der Waals surface area contributed by atoms with Gasteiger partial charge in [-0.3, -0.25) is 4.79 Å². The van der Waals surface area contributed by atoms with Crippen LogP contribution in [-0.2, 0) is 0 Å². The molecule has 2 rings (SSSR count). The minimum atomic E-state index is -0.639. The third-order valence-corrected chi connectivity index (χ3v) is 4.24. The zero-order valence-electron chi connectivity index (χ0n) is 9.54. The molecule has 0 fully saturated rings. The van der Waals surface area contributed by atoms with Gasteiger partial charge in [0.05, 0.1) is 20.5 Å². The first-order valence-electron chi connectivity index (χ1n) is 5.08. The average Bonchev–Trinajstić information content (AvgIpc) is 2.93. The second-order valence-electron chi connectivity index (χ2n) is 3.68. The number of nitrogens with zero attached hydrogens (tertiary/aromatic N) is 3. The van der Waals surface area contributed by atoms with Crippen LogP contribution in [0.25, 0.3) is 0 Å². The maximum atomic E-state index is 12.2. The molecule has 2 aromatic heterocycles.